The molecule has 21 heavy (non-hydrogen) atoms. The topological polar surface area (TPSA) is 29.1 Å². The molecule has 2 atom stereocenters. The van der Waals surface area contributed by atoms with Crippen LogP contribution in [0.15, 0.2) is 0 Å². The fourth-order valence-electron chi connectivity index (χ4n) is 4.17. The van der Waals surface area contributed by atoms with Crippen LogP contribution in [0.25, 0.3) is 0 Å². The van der Waals surface area contributed by atoms with E-state index in [1.165, 1.54) is 64.2 Å². The summed E-state index contributed by atoms with van der Waals surface area (Å²) in [5.41, 5.74) is 0. The SMILES string of the molecule is CCCCCCCCCCC(=O)C1CC2CCCC(C1)N2. The average Bonchev–Trinajstić information content (AvgIpc) is 2.49. The number of unbranched alkanes of at least 4 members (excludes halogenated alkanes) is 7. The molecule has 2 aliphatic heterocycles. The lowest BCUT2D eigenvalue weighted by Gasteiger charge is -2.39. The van der Waals surface area contributed by atoms with E-state index in [2.05, 4.69) is 12.2 Å². The Bertz CT molecular complexity index is 290. The third kappa shape index (κ3) is 6.10. The van der Waals surface area contributed by atoms with Gasteiger partial charge >= 0.3 is 0 Å². The van der Waals surface area contributed by atoms with Gasteiger partial charge in [0.05, 0.1) is 0 Å². The maximum atomic E-state index is 12.4. The van der Waals surface area contributed by atoms with E-state index < -0.39 is 0 Å². The zero-order valence-electron chi connectivity index (χ0n) is 14.0. The number of ketones is 1. The van der Waals surface area contributed by atoms with Gasteiger partial charge in [0, 0.05) is 24.4 Å². The fraction of sp³-hybridized carbons (Fsp3) is 0.947. The van der Waals surface area contributed by atoms with Gasteiger partial charge in [-0.2, -0.15) is 0 Å². The molecule has 0 radical (unpaired) electrons. The van der Waals surface area contributed by atoms with Crippen LogP contribution in [0.3, 0.4) is 0 Å². The molecule has 1 N–H and O–H groups in total. The minimum atomic E-state index is 0.381. The number of carbonyl (C=O) groups is 1. The highest BCUT2D eigenvalue weighted by Gasteiger charge is 2.33. The Hall–Kier alpha value is -0.370. The molecule has 2 rings (SSSR count). The Morgan fingerprint density at radius 3 is 2.10 bits per heavy atom. The maximum absolute atomic E-state index is 12.4. The molecule has 2 fully saturated rings. The van der Waals surface area contributed by atoms with Crippen LogP contribution in [0.1, 0.15) is 96.8 Å². The van der Waals surface area contributed by atoms with Crippen LogP contribution in [0.5, 0.6) is 0 Å². The molecular formula is C19H35NO. The van der Waals surface area contributed by atoms with Gasteiger partial charge in [0.1, 0.15) is 5.78 Å². The normalized spacial score (nSPS) is 28.5. The second-order valence-corrected chi connectivity index (χ2v) is 7.35. The number of nitrogens with one attached hydrogen (secondary N) is 1. The molecule has 0 saturated carbocycles. The molecule has 2 unspecified atom stereocenters. The highest BCUT2D eigenvalue weighted by atomic mass is 16.1. The molecule has 2 bridgehead atoms. The molecule has 0 aromatic heterocycles. The van der Waals surface area contributed by atoms with E-state index in [4.69, 9.17) is 0 Å². The molecule has 2 nitrogen and oxygen atoms in total. The minimum Gasteiger partial charge on any atom is -0.311 e. The minimum absolute atomic E-state index is 0.381. The molecule has 2 saturated heterocycles. The Morgan fingerprint density at radius 2 is 1.48 bits per heavy atom. The Balaban J connectivity index is 1.51. The van der Waals surface area contributed by atoms with E-state index in [-0.39, 0.29) is 0 Å². The quantitative estimate of drug-likeness (QED) is 0.574. The van der Waals surface area contributed by atoms with Crippen molar-refractivity contribution in [3.05, 3.63) is 0 Å². The van der Waals surface area contributed by atoms with Gasteiger partial charge < -0.3 is 5.32 Å². The maximum Gasteiger partial charge on any atom is 0.136 e. The number of hydrogen-bond donors (Lipinski definition) is 1. The van der Waals surface area contributed by atoms with Crippen molar-refractivity contribution in [2.45, 2.75) is 109 Å². The molecule has 2 heterocycles. The average molecular weight is 293 g/mol. The van der Waals surface area contributed by atoms with Crippen molar-refractivity contribution in [1.82, 2.24) is 5.32 Å². The summed E-state index contributed by atoms with van der Waals surface area (Å²) in [5.74, 6) is 0.950. The summed E-state index contributed by atoms with van der Waals surface area (Å²) in [5, 5.41) is 3.69. The van der Waals surface area contributed by atoms with Gasteiger partial charge in [0.25, 0.3) is 0 Å². The molecule has 2 heteroatoms. The molecule has 0 spiro atoms. The van der Waals surface area contributed by atoms with Gasteiger partial charge in [-0.1, -0.05) is 58.3 Å². The molecular weight excluding hydrogens is 258 g/mol. The molecule has 0 aromatic carbocycles. The van der Waals surface area contributed by atoms with Gasteiger partial charge in [-0.25, -0.2) is 0 Å². The lowest BCUT2D eigenvalue weighted by atomic mass is 9.77. The summed E-state index contributed by atoms with van der Waals surface area (Å²) in [7, 11) is 0. The standard InChI is InChI=1S/C19H35NO/c1-2-3-4-5-6-7-8-9-13-19(21)16-14-17-11-10-12-18(15-16)20-17/h16-18,20H,2-15H2,1H3. The summed E-state index contributed by atoms with van der Waals surface area (Å²) in [6.07, 6.45) is 17.6. The van der Waals surface area contributed by atoms with Gasteiger partial charge in [-0.05, 0) is 32.1 Å². The van der Waals surface area contributed by atoms with Gasteiger partial charge in [-0.15, -0.1) is 0 Å². The van der Waals surface area contributed by atoms with Crippen LogP contribution in [0.2, 0.25) is 0 Å². The Morgan fingerprint density at radius 1 is 0.905 bits per heavy atom. The molecule has 2 aliphatic rings. The van der Waals surface area contributed by atoms with Crippen molar-refractivity contribution in [3.63, 3.8) is 0 Å². The molecule has 0 aliphatic carbocycles. The number of rotatable bonds is 10. The van der Waals surface area contributed by atoms with Crippen molar-refractivity contribution in [1.29, 1.82) is 0 Å². The number of hydrogen-bond acceptors (Lipinski definition) is 2. The van der Waals surface area contributed by atoms with Crippen LogP contribution in [-0.4, -0.2) is 17.9 Å². The van der Waals surface area contributed by atoms with E-state index in [1.807, 2.05) is 0 Å². The molecule has 0 amide bonds. The third-order valence-corrected chi connectivity index (χ3v) is 5.45. The van der Waals surface area contributed by atoms with Gasteiger partial charge in [0.15, 0.2) is 0 Å². The van der Waals surface area contributed by atoms with Gasteiger partial charge in [-0.3, -0.25) is 4.79 Å². The van der Waals surface area contributed by atoms with Crippen LogP contribution < -0.4 is 5.32 Å². The monoisotopic (exact) mass is 293 g/mol. The summed E-state index contributed by atoms with van der Waals surface area (Å²) in [4.78, 5) is 12.4. The van der Waals surface area contributed by atoms with Crippen molar-refractivity contribution in [2.24, 2.45) is 5.92 Å². The number of piperidine rings is 2. The van der Waals surface area contributed by atoms with Crippen LogP contribution in [0, 0.1) is 5.92 Å². The zero-order valence-corrected chi connectivity index (χ0v) is 14.0. The van der Waals surface area contributed by atoms with Crippen LogP contribution in [0.4, 0.5) is 0 Å². The van der Waals surface area contributed by atoms with Crippen molar-refractivity contribution in [3.8, 4) is 0 Å². The first kappa shape index (κ1) is 17.0. The van der Waals surface area contributed by atoms with E-state index in [9.17, 15) is 4.79 Å². The van der Waals surface area contributed by atoms with Crippen molar-refractivity contribution in [2.75, 3.05) is 0 Å². The van der Waals surface area contributed by atoms with Gasteiger partial charge in [0.2, 0.25) is 0 Å². The number of Topliss-reactive ketones (excluding diaryl/α,β-unsaturated/α-hetero) is 1. The van der Waals surface area contributed by atoms with Crippen molar-refractivity contribution < 1.29 is 4.79 Å². The second-order valence-electron chi connectivity index (χ2n) is 7.35. The Kier molecular flexibility index (Phi) is 7.77. The van der Waals surface area contributed by atoms with Crippen LogP contribution >= 0.6 is 0 Å². The van der Waals surface area contributed by atoms with Crippen LogP contribution in [-0.2, 0) is 4.79 Å². The number of carbonyl (C=O) groups excluding carboxylic acids is 1. The van der Waals surface area contributed by atoms with E-state index in [1.54, 1.807) is 0 Å². The molecule has 0 aromatic rings. The van der Waals surface area contributed by atoms with Crippen molar-refractivity contribution >= 4 is 5.78 Å². The second kappa shape index (κ2) is 9.61. The largest absolute Gasteiger partial charge is 0.311 e. The summed E-state index contributed by atoms with van der Waals surface area (Å²) in [6, 6.07) is 1.29. The van der Waals surface area contributed by atoms with E-state index >= 15 is 0 Å². The predicted molar refractivity (Wildman–Crippen MR) is 89.5 cm³/mol. The first-order chi connectivity index (χ1) is 10.3. The predicted octanol–water partition coefficient (Wildman–Crippen LogP) is 5.01. The first-order valence-electron chi connectivity index (χ1n) is 9.58. The fourth-order valence-corrected chi connectivity index (χ4v) is 4.17. The first-order valence-corrected chi connectivity index (χ1v) is 9.58. The van der Waals surface area contributed by atoms with E-state index in [0.29, 0.717) is 23.8 Å². The summed E-state index contributed by atoms with van der Waals surface area (Å²) >= 11 is 0. The molecule has 122 valence electrons. The third-order valence-electron chi connectivity index (χ3n) is 5.45. The number of fused-ring (bicyclic) bond motifs is 2. The Labute approximate surface area is 131 Å². The highest BCUT2D eigenvalue weighted by molar-refractivity contribution is 5.81. The summed E-state index contributed by atoms with van der Waals surface area (Å²) < 4.78 is 0. The summed E-state index contributed by atoms with van der Waals surface area (Å²) in [6.45, 7) is 2.26. The zero-order chi connectivity index (χ0) is 14.9. The van der Waals surface area contributed by atoms with E-state index in [0.717, 1.165) is 25.7 Å². The highest BCUT2D eigenvalue weighted by Crippen LogP contribution is 2.31. The lowest BCUT2D eigenvalue weighted by molar-refractivity contribution is -0.124. The lowest BCUT2D eigenvalue weighted by Crippen LogP contribution is -2.50. The smallest absolute Gasteiger partial charge is 0.136 e.